The van der Waals surface area contributed by atoms with E-state index < -0.39 is 0 Å². The number of nitrogens with one attached hydrogen (secondary N) is 1. The second kappa shape index (κ2) is 8.05. The highest BCUT2D eigenvalue weighted by atomic mass is 32.1. The molecule has 1 aliphatic rings. The summed E-state index contributed by atoms with van der Waals surface area (Å²) in [5.74, 6) is 1.80. The Morgan fingerprint density at radius 2 is 1.86 bits per heavy atom. The first kappa shape index (κ1) is 19.1. The summed E-state index contributed by atoms with van der Waals surface area (Å²) >= 11 is 5.59. The number of ether oxygens (including phenoxy) is 1. The molecule has 4 rings (SSSR count). The third kappa shape index (κ3) is 3.61. The smallest absolute Gasteiger partial charge is 0.258 e. The molecule has 0 bridgehead atoms. The standard InChI is InChI=1S/C22H22N4O2S/c1-4-26-14(2)18(19(23-22(26)29)15-8-6-5-7-9-15)21-24-20(25-28-21)16-10-12-17(27-3)13-11-16/h5-13,19H,4H2,1-3H3,(H,23,29). The average Bonchev–Trinajstić information content (AvgIpc) is 3.24. The molecule has 1 unspecified atom stereocenters. The fourth-order valence-corrected chi connectivity index (χ4v) is 3.91. The highest BCUT2D eigenvalue weighted by Gasteiger charge is 2.33. The van der Waals surface area contributed by atoms with Gasteiger partial charge in [-0.05, 0) is 55.9 Å². The summed E-state index contributed by atoms with van der Waals surface area (Å²) in [5.41, 5.74) is 3.89. The number of methoxy groups -OCH3 is 1. The normalized spacial score (nSPS) is 16.7. The number of allylic oxidation sites excluding steroid dienone is 1. The maximum Gasteiger partial charge on any atom is 0.258 e. The molecular formula is C22H22N4O2S. The van der Waals surface area contributed by atoms with Crippen molar-refractivity contribution in [1.82, 2.24) is 20.4 Å². The van der Waals surface area contributed by atoms with E-state index in [9.17, 15) is 0 Å². The van der Waals surface area contributed by atoms with Gasteiger partial charge in [0.15, 0.2) is 5.11 Å². The third-order valence-electron chi connectivity index (χ3n) is 5.05. The van der Waals surface area contributed by atoms with Gasteiger partial charge >= 0.3 is 0 Å². The van der Waals surface area contributed by atoms with Crippen LogP contribution in [-0.4, -0.2) is 33.8 Å². The molecule has 0 spiro atoms. The van der Waals surface area contributed by atoms with E-state index in [0.29, 0.717) is 16.8 Å². The zero-order valence-electron chi connectivity index (χ0n) is 16.5. The van der Waals surface area contributed by atoms with Gasteiger partial charge < -0.3 is 19.5 Å². The maximum absolute atomic E-state index is 5.71. The molecule has 0 radical (unpaired) electrons. The van der Waals surface area contributed by atoms with Gasteiger partial charge in [-0.3, -0.25) is 0 Å². The van der Waals surface area contributed by atoms with Gasteiger partial charge in [0.05, 0.1) is 18.7 Å². The van der Waals surface area contributed by atoms with Gasteiger partial charge in [-0.2, -0.15) is 4.98 Å². The number of benzene rings is 2. The quantitative estimate of drug-likeness (QED) is 0.629. The topological polar surface area (TPSA) is 63.4 Å². The number of nitrogens with zero attached hydrogens (tertiary/aromatic N) is 3. The molecule has 0 fully saturated rings. The molecule has 0 saturated carbocycles. The molecule has 1 aliphatic heterocycles. The van der Waals surface area contributed by atoms with Gasteiger partial charge in [0.2, 0.25) is 5.82 Å². The average molecular weight is 407 g/mol. The molecule has 3 aromatic rings. The lowest BCUT2D eigenvalue weighted by molar-refractivity contribution is 0.398. The van der Waals surface area contributed by atoms with Crippen LogP contribution in [0.2, 0.25) is 0 Å². The van der Waals surface area contributed by atoms with Crippen molar-refractivity contribution in [3.8, 4) is 17.1 Å². The first-order valence-electron chi connectivity index (χ1n) is 9.44. The molecule has 0 saturated heterocycles. The van der Waals surface area contributed by atoms with Crippen LogP contribution in [0.4, 0.5) is 0 Å². The summed E-state index contributed by atoms with van der Waals surface area (Å²) in [5, 5.41) is 8.33. The number of aromatic nitrogens is 2. The van der Waals surface area contributed by atoms with Crippen molar-refractivity contribution in [1.29, 1.82) is 0 Å². The summed E-state index contributed by atoms with van der Waals surface area (Å²) in [6.07, 6.45) is 0. The van der Waals surface area contributed by atoms with Crippen molar-refractivity contribution in [3.05, 3.63) is 71.7 Å². The van der Waals surface area contributed by atoms with Crippen LogP contribution in [0.5, 0.6) is 5.75 Å². The summed E-state index contributed by atoms with van der Waals surface area (Å²) < 4.78 is 10.9. The van der Waals surface area contributed by atoms with Crippen molar-refractivity contribution in [2.24, 2.45) is 0 Å². The lowest BCUT2D eigenvalue weighted by Gasteiger charge is -2.36. The van der Waals surface area contributed by atoms with E-state index in [-0.39, 0.29) is 6.04 Å². The van der Waals surface area contributed by atoms with E-state index in [1.165, 1.54) is 0 Å². The predicted octanol–water partition coefficient (Wildman–Crippen LogP) is 4.43. The third-order valence-corrected chi connectivity index (χ3v) is 5.39. The van der Waals surface area contributed by atoms with Crippen LogP contribution in [0.15, 0.2) is 64.8 Å². The molecule has 0 amide bonds. The molecule has 6 nitrogen and oxygen atoms in total. The summed E-state index contributed by atoms with van der Waals surface area (Å²) in [6, 6.07) is 17.6. The number of thiocarbonyl (C=S) groups is 1. The van der Waals surface area contributed by atoms with Gasteiger partial charge in [-0.15, -0.1) is 0 Å². The van der Waals surface area contributed by atoms with Gasteiger partial charge in [0.25, 0.3) is 5.89 Å². The molecule has 148 valence electrons. The molecule has 2 heterocycles. The Bertz CT molecular complexity index is 1040. The lowest BCUT2D eigenvalue weighted by atomic mass is 9.95. The summed E-state index contributed by atoms with van der Waals surface area (Å²) in [7, 11) is 1.64. The second-order valence-electron chi connectivity index (χ2n) is 6.69. The van der Waals surface area contributed by atoms with Crippen LogP contribution in [-0.2, 0) is 0 Å². The van der Waals surface area contributed by atoms with Gasteiger partial charge in [-0.1, -0.05) is 35.5 Å². The Labute approximate surface area is 175 Å². The molecule has 1 aromatic heterocycles. The van der Waals surface area contributed by atoms with Gasteiger partial charge in [-0.25, -0.2) is 0 Å². The van der Waals surface area contributed by atoms with Gasteiger partial charge in [0.1, 0.15) is 5.75 Å². The van der Waals surface area contributed by atoms with Crippen molar-refractivity contribution < 1.29 is 9.26 Å². The largest absolute Gasteiger partial charge is 0.497 e. The van der Waals surface area contributed by atoms with E-state index in [4.69, 9.17) is 26.5 Å². The molecule has 1 N–H and O–H groups in total. The Morgan fingerprint density at radius 3 is 2.52 bits per heavy atom. The van der Waals surface area contributed by atoms with Crippen molar-refractivity contribution in [2.75, 3.05) is 13.7 Å². The molecule has 0 aliphatic carbocycles. The predicted molar refractivity (Wildman–Crippen MR) is 116 cm³/mol. The highest BCUT2D eigenvalue weighted by molar-refractivity contribution is 7.80. The van der Waals surface area contributed by atoms with Crippen LogP contribution in [0, 0.1) is 0 Å². The minimum absolute atomic E-state index is 0.157. The van der Waals surface area contributed by atoms with E-state index in [1.807, 2.05) is 54.3 Å². The second-order valence-corrected chi connectivity index (χ2v) is 7.07. The monoisotopic (exact) mass is 406 g/mol. The fraction of sp³-hybridized carbons (Fsp3) is 0.227. The van der Waals surface area contributed by atoms with Crippen LogP contribution in [0.25, 0.3) is 17.0 Å². The van der Waals surface area contributed by atoms with E-state index >= 15 is 0 Å². The van der Waals surface area contributed by atoms with E-state index in [1.54, 1.807) is 7.11 Å². The van der Waals surface area contributed by atoms with Crippen molar-refractivity contribution in [2.45, 2.75) is 19.9 Å². The molecule has 1 atom stereocenters. The van der Waals surface area contributed by atoms with E-state index in [0.717, 1.165) is 34.7 Å². The van der Waals surface area contributed by atoms with Crippen molar-refractivity contribution >= 4 is 22.9 Å². The molecule has 2 aromatic carbocycles. The van der Waals surface area contributed by atoms with Crippen LogP contribution < -0.4 is 10.1 Å². The first-order chi connectivity index (χ1) is 14.1. The molecular weight excluding hydrogens is 384 g/mol. The Balaban J connectivity index is 1.78. The number of hydrogen-bond donors (Lipinski definition) is 1. The molecule has 7 heteroatoms. The maximum atomic E-state index is 5.71. The zero-order valence-corrected chi connectivity index (χ0v) is 17.4. The summed E-state index contributed by atoms with van der Waals surface area (Å²) in [6.45, 7) is 4.86. The Kier molecular flexibility index (Phi) is 5.31. The van der Waals surface area contributed by atoms with Crippen LogP contribution in [0.3, 0.4) is 0 Å². The van der Waals surface area contributed by atoms with Crippen LogP contribution in [0.1, 0.15) is 31.3 Å². The van der Waals surface area contributed by atoms with Crippen LogP contribution >= 0.6 is 12.2 Å². The molecule has 29 heavy (non-hydrogen) atoms. The highest BCUT2D eigenvalue weighted by Crippen LogP contribution is 2.37. The van der Waals surface area contributed by atoms with Gasteiger partial charge in [0, 0.05) is 17.8 Å². The fourth-order valence-electron chi connectivity index (χ4n) is 3.52. The first-order valence-corrected chi connectivity index (χ1v) is 9.85. The zero-order chi connectivity index (χ0) is 20.4. The minimum Gasteiger partial charge on any atom is -0.497 e. The van der Waals surface area contributed by atoms with E-state index in [2.05, 4.69) is 29.5 Å². The number of rotatable bonds is 5. The van der Waals surface area contributed by atoms with Crippen molar-refractivity contribution in [3.63, 3.8) is 0 Å². The number of hydrogen-bond acceptors (Lipinski definition) is 5. The Morgan fingerprint density at radius 1 is 1.14 bits per heavy atom. The Hall–Kier alpha value is -3.19. The SMILES string of the molecule is CCN1C(=S)NC(c2ccccc2)C(c2nc(-c3ccc(OC)cc3)no2)=C1C. The summed E-state index contributed by atoms with van der Waals surface area (Å²) in [4.78, 5) is 6.74. The minimum atomic E-state index is -0.157. The lowest BCUT2D eigenvalue weighted by Crippen LogP contribution is -2.45.